The van der Waals surface area contributed by atoms with Crippen molar-refractivity contribution in [1.82, 2.24) is 20.5 Å². The minimum atomic E-state index is 0.0856. The number of aryl methyl sites for hydroxylation is 2. The van der Waals surface area contributed by atoms with Crippen LogP contribution in [0, 0.1) is 13.8 Å². The summed E-state index contributed by atoms with van der Waals surface area (Å²) in [5, 5.41) is 10.3. The van der Waals surface area contributed by atoms with Crippen molar-refractivity contribution in [1.29, 1.82) is 0 Å². The quantitative estimate of drug-likeness (QED) is 0.846. The Kier molecular flexibility index (Phi) is 3.54. The number of hydrogen-bond acceptors (Lipinski definition) is 3. The summed E-state index contributed by atoms with van der Waals surface area (Å²) in [5.74, 6) is 0.862. The van der Waals surface area contributed by atoms with Crippen molar-refractivity contribution < 1.29 is 0 Å². The van der Waals surface area contributed by atoms with E-state index in [1.54, 1.807) is 6.33 Å². The van der Waals surface area contributed by atoms with Crippen LogP contribution in [-0.4, -0.2) is 21.7 Å². The average molecular weight is 230 g/mol. The van der Waals surface area contributed by atoms with E-state index in [9.17, 15) is 0 Å². The standard InChI is InChI=1S/C13H18N4/c1-4-14-12(13-15-8-16-17-13)11-7-9(2)5-6-10(11)3/h5-8,12,14H,4H2,1-3H3,(H,15,16,17). The molecule has 1 unspecified atom stereocenters. The molecule has 0 aliphatic rings. The van der Waals surface area contributed by atoms with Gasteiger partial charge in [-0.3, -0.25) is 5.10 Å². The van der Waals surface area contributed by atoms with Crippen molar-refractivity contribution in [3.8, 4) is 0 Å². The van der Waals surface area contributed by atoms with Crippen LogP contribution in [0.15, 0.2) is 24.5 Å². The summed E-state index contributed by atoms with van der Waals surface area (Å²) < 4.78 is 0. The number of benzene rings is 1. The second-order valence-electron chi connectivity index (χ2n) is 4.22. The van der Waals surface area contributed by atoms with E-state index < -0.39 is 0 Å². The van der Waals surface area contributed by atoms with E-state index in [-0.39, 0.29) is 6.04 Å². The van der Waals surface area contributed by atoms with E-state index in [0.717, 1.165) is 12.4 Å². The first-order chi connectivity index (χ1) is 8.22. The number of H-pyrrole nitrogens is 1. The molecule has 4 heteroatoms. The maximum Gasteiger partial charge on any atom is 0.145 e. The van der Waals surface area contributed by atoms with Gasteiger partial charge in [0.2, 0.25) is 0 Å². The first-order valence-corrected chi connectivity index (χ1v) is 5.88. The Bertz CT molecular complexity index is 476. The number of rotatable bonds is 4. The number of nitrogens with zero attached hydrogens (tertiary/aromatic N) is 2. The third-order valence-electron chi connectivity index (χ3n) is 2.86. The molecule has 1 aromatic heterocycles. The summed E-state index contributed by atoms with van der Waals surface area (Å²) in [6.07, 6.45) is 1.55. The molecule has 0 spiro atoms. The lowest BCUT2D eigenvalue weighted by molar-refractivity contribution is 0.597. The average Bonchev–Trinajstić information content (AvgIpc) is 2.83. The van der Waals surface area contributed by atoms with Crippen LogP contribution < -0.4 is 5.32 Å². The van der Waals surface area contributed by atoms with E-state index in [4.69, 9.17) is 0 Å². The van der Waals surface area contributed by atoms with Gasteiger partial charge in [0, 0.05) is 0 Å². The van der Waals surface area contributed by atoms with Gasteiger partial charge in [0.25, 0.3) is 0 Å². The summed E-state index contributed by atoms with van der Waals surface area (Å²) in [7, 11) is 0. The molecule has 90 valence electrons. The molecule has 1 heterocycles. The Morgan fingerprint density at radius 3 is 2.82 bits per heavy atom. The van der Waals surface area contributed by atoms with Crippen LogP contribution in [0.4, 0.5) is 0 Å². The molecule has 2 aromatic rings. The first kappa shape index (κ1) is 11.8. The molecule has 2 rings (SSSR count). The highest BCUT2D eigenvalue weighted by Gasteiger charge is 2.17. The Morgan fingerprint density at radius 1 is 1.35 bits per heavy atom. The maximum absolute atomic E-state index is 4.25. The molecule has 0 saturated heterocycles. The lowest BCUT2D eigenvalue weighted by Gasteiger charge is -2.18. The molecule has 0 bridgehead atoms. The molecule has 2 N–H and O–H groups in total. The highest BCUT2D eigenvalue weighted by atomic mass is 15.2. The lowest BCUT2D eigenvalue weighted by Crippen LogP contribution is -2.24. The SMILES string of the molecule is CCNC(c1ncn[nH]1)c1cc(C)ccc1C. The van der Waals surface area contributed by atoms with Crippen LogP contribution >= 0.6 is 0 Å². The molecular weight excluding hydrogens is 212 g/mol. The molecule has 0 aliphatic heterocycles. The van der Waals surface area contributed by atoms with Crippen molar-refractivity contribution in [3.63, 3.8) is 0 Å². The molecule has 0 radical (unpaired) electrons. The number of aromatic nitrogens is 3. The topological polar surface area (TPSA) is 53.6 Å². The zero-order valence-corrected chi connectivity index (χ0v) is 10.5. The van der Waals surface area contributed by atoms with Gasteiger partial charge < -0.3 is 5.32 Å². The molecule has 0 aliphatic carbocycles. The number of nitrogens with one attached hydrogen (secondary N) is 2. The van der Waals surface area contributed by atoms with Crippen LogP contribution in [0.25, 0.3) is 0 Å². The Balaban J connectivity index is 2.42. The molecule has 4 nitrogen and oxygen atoms in total. The fourth-order valence-electron chi connectivity index (χ4n) is 1.98. The fraction of sp³-hybridized carbons (Fsp3) is 0.385. The number of hydrogen-bond donors (Lipinski definition) is 2. The third kappa shape index (κ3) is 2.53. The van der Waals surface area contributed by atoms with Crippen LogP contribution in [0.2, 0.25) is 0 Å². The minimum Gasteiger partial charge on any atom is -0.304 e. The van der Waals surface area contributed by atoms with Gasteiger partial charge in [-0.05, 0) is 31.5 Å². The van der Waals surface area contributed by atoms with Gasteiger partial charge in [0.05, 0.1) is 6.04 Å². The highest BCUT2D eigenvalue weighted by Crippen LogP contribution is 2.23. The lowest BCUT2D eigenvalue weighted by atomic mass is 9.98. The smallest absolute Gasteiger partial charge is 0.145 e. The van der Waals surface area contributed by atoms with Crippen LogP contribution in [0.1, 0.15) is 35.5 Å². The van der Waals surface area contributed by atoms with Crippen LogP contribution in [0.3, 0.4) is 0 Å². The van der Waals surface area contributed by atoms with Gasteiger partial charge in [-0.2, -0.15) is 5.10 Å². The summed E-state index contributed by atoms with van der Waals surface area (Å²) in [5.41, 5.74) is 3.77. The predicted molar refractivity (Wildman–Crippen MR) is 67.8 cm³/mol. The second-order valence-corrected chi connectivity index (χ2v) is 4.22. The van der Waals surface area contributed by atoms with Gasteiger partial charge in [-0.1, -0.05) is 30.7 Å². The minimum absolute atomic E-state index is 0.0856. The van der Waals surface area contributed by atoms with Gasteiger partial charge in [0.15, 0.2) is 0 Å². The zero-order chi connectivity index (χ0) is 12.3. The van der Waals surface area contributed by atoms with E-state index in [1.807, 2.05) is 0 Å². The van der Waals surface area contributed by atoms with Gasteiger partial charge in [-0.25, -0.2) is 4.98 Å². The monoisotopic (exact) mass is 230 g/mol. The van der Waals surface area contributed by atoms with Crippen LogP contribution in [0.5, 0.6) is 0 Å². The normalized spacial score (nSPS) is 12.6. The summed E-state index contributed by atoms with van der Waals surface area (Å²) >= 11 is 0. The molecule has 1 atom stereocenters. The molecule has 0 fully saturated rings. The van der Waals surface area contributed by atoms with Gasteiger partial charge in [0.1, 0.15) is 12.2 Å². The summed E-state index contributed by atoms with van der Waals surface area (Å²) in [4.78, 5) is 4.25. The molecule has 0 amide bonds. The first-order valence-electron chi connectivity index (χ1n) is 5.88. The number of aromatic amines is 1. The van der Waals surface area contributed by atoms with Gasteiger partial charge >= 0.3 is 0 Å². The zero-order valence-electron chi connectivity index (χ0n) is 10.5. The van der Waals surface area contributed by atoms with Crippen molar-refractivity contribution in [2.45, 2.75) is 26.8 Å². The van der Waals surface area contributed by atoms with E-state index in [0.29, 0.717) is 0 Å². The van der Waals surface area contributed by atoms with Crippen LogP contribution in [-0.2, 0) is 0 Å². The van der Waals surface area contributed by atoms with Crippen molar-refractivity contribution in [2.75, 3.05) is 6.54 Å². The Labute approximate surface area is 101 Å². The predicted octanol–water partition coefficient (Wildman–Crippen LogP) is 2.12. The largest absolute Gasteiger partial charge is 0.304 e. The van der Waals surface area contributed by atoms with E-state index in [1.165, 1.54) is 16.7 Å². The summed E-state index contributed by atoms with van der Waals surface area (Å²) in [6, 6.07) is 6.56. The molecule has 0 saturated carbocycles. The Morgan fingerprint density at radius 2 is 2.18 bits per heavy atom. The fourth-order valence-corrected chi connectivity index (χ4v) is 1.98. The van der Waals surface area contributed by atoms with Gasteiger partial charge in [-0.15, -0.1) is 0 Å². The third-order valence-corrected chi connectivity index (χ3v) is 2.86. The molecule has 1 aromatic carbocycles. The van der Waals surface area contributed by atoms with Crippen molar-refractivity contribution in [2.24, 2.45) is 0 Å². The van der Waals surface area contributed by atoms with E-state index >= 15 is 0 Å². The maximum atomic E-state index is 4.25. The summed E-state index contributed by atoms with van der Waals surface area (Å²) in [6.45, 7) is 7.20. The Hall–Kier alpha value is -1.68. The van der Waals surface area contributed by atoms with E-state index in [2.05, 4.69) is 59.5 Å². The van der Waals surface area contributed by atoms with Crippen molar-refractivity contribution >= 4 is 0 Å². The second kappa shape index (κ2) is 5.10. The highest BCUT2D eigenvalue weighted by molar-refractivity contribution is 5.35. The van der Waals surface area contributed by atoms with Crippen molar-refractivity contribution in [3.05, 3.63) is 47.0 Å². The molecular formula is C13H18N4. The molecule has 17 heavy (non-hydrogen) atoms.